The highest BCUT2D eigenvalue weighted by Gasteiger charge is 2.15. The molecule has 0 fully saturated rings. The largest absolute Gasteiger partial charge is 0.508 e. The van der Waals surface area contributed by atoms with Crippen molar-refractivity contribution in [3.05, 3.63) is 70.8 Å². The molecule has 0 aromatic heterocycles. The van der Waals surface area contributed by atoms with E-state index in [-0.39, 0.29) is 5.92 Å². The number of phenols is 1. The Hall–Kier alpha value is -2.26. The SMILES string of the molecule is CCN(C(C)C)C(C)C.COC(=C(C)C)c1ccc(O)c([C@H](C)c2ccccc2)c1. The van der Waals surface area contributed by atoms with Gasteiger partial charge in [-0.2, -0.15) is 0 Å². The smallest absolute Gasteiger partial charge is 0.124 e. The summed E-state index contributed by atoms with van der Waals surface area (Å²) in [5.74, 6) is 1.30. The van der Waals surface area contributed by atoms with E-state index in [4.69, 9.17) is 4.74 Å². The fourth-order valence-electron chi connectivity index (χ4n) is 3.90. The number of methoxy groups -OCH3 is 1. The second-order valence-corrected chi connectivity index (χ2v) is 8.46. The van der Waals surface area contributed by atoms with E-state index in [1.165, 1.54) is 5.56 Å². The maximum atomic E-state index is 10.2. The molecule has 0 aliphatic heterocycles. The normalized spacial score (nSPS) is 11.9. The molecule has 0 aliphatic carbocycles. The molecule has 2 aromatic carbocycles. The van der Waals surface area contributed by atoms with Crippen molar-refractivity contribution >= 4 is 5.76 Å². The minimum absolute atomic E-state index is 0.126. The third-order valence-corrected chi connectivity index (χ3v) is 5.41. The van der Waals surface area contributed by atoms with Crippen LogP contribution in [0.1, 0.15) is 78.0 Å². The zero-order valence-electron chi connectivity index (χ0n) is 20.4. The molecule has 1 N–H and O–H groups in total. The van der Waals surface area contributed by atoms with Gasteiger partial charge in [0.05, 0.1) is 7.11 Å². The van der Waals surface area contributed by atoms with Gasteiger partial charge in [0.15, 0.2) is 0 Å². The van der Waals surface area contributed by atoms with E-state index < -0.39 is 0 Å². The van der Waals surface area contributed by atoms with Crippen molar-refractivity contribution in [2.45, 2.75) is 73.4 Å². The van der Waals surface area contributed by atoms with Gasteiger partial charge in [-0.25, -0.2) is 0 Å². The minimum atomic E-state index is 0.126. The topological polar surface area (TPSA) is 32.7 Å². The van der Waals surface area contributed by atoms with Crippen LogP contribution in [-0.4, -0.2) is 35.7 Å². The van der Waals surface area contributed by atoms with Crippen LogP contribution in [0.5, 0.6) is 5.75 Å². The molecule has 0 aliphatic rings. The third-order valence-electron chi connectivity index (χ3n) is 5.41. The van der Waals surface area contributed by atoms with Crippen LogP contribution in [0.15, 0.2) is 54.1 Å². The van der Waals surface area contributed by atoms with Crippen LogP contribution < -0.4 is 0 Å². The van der Waals surface area contributed by atoms with Crippen LogP contribution >= 0.6 is 0 Å². The van der Waals surface area contributed by atoms with Gasteiger partial charge >= 0.3 is 0 Å². The Morgan fingerprint density at radius 3 is 1.90 bits per heavy atom. The summed E-state index contributed by atoms with van der Waals surface area (Å²) in [6.45, 7) is 18.5. The molecule has 3 heteroatoms. The monoisotopic (exact) mass is 411 g/mol. The quantitative estimate of drug-likeness (QED) is 0.495. The van der Waals surface area contributed by atoms with E-state index in [9.17, 15) is 5.11 Å². The van der Waals surface area contributed by atoms with Crippen molar-refractivity contribution in [1.82, 2.24) is 4.90 Å². The first-order valence-corrected chi connectivity index (χ1v) is 11.0. The van der Waals surface area contributed by atoms with Crippen LogP contribution in [-0.2, 0) is 4.74 Å². The number of phenolic OH excluding ortho intramolecular Hbond substituents is 1. The summed E-state index contributed by atoms with van der Waals surface area (Å²) >= 11 is 0. The zero-order chi connectivity index (χ0) is 22.8. The summed E-state index contributed by atoms with van der Waals surface area (Å²) in [7, 11) is 1.68. The van der Waals surface area contributed by atoms with E-state index in [1.807, 2.05) is 44.2 Å². The van der Waals surface area contributed by atoms with Gasteiger partial charge in [0.2, 0.25) is 0 Å². The summed E-state index contributed by atoms with van der Waals surface area (Å²) < 4.78 is 5.48. The number of hydrogen-bond donors (Lipinski definition) is 1. The predicted octanol–water partition coefficient (Wildman–Crippen LogP) is 7.07. The first kappa shape index (κ1) is 25.8. The molecule has 0 heterocycles. The molecule has 0 unspecified atom stereocenters. The molecule has 0 spiro atoms. The number of ether oxygens (including phenoxy) is 1. The van der Waals surface area contributed by atoms with Crippen LogP contribution in [0, 0.1) is 0 Å². The molecule has 0 saturated carbocycles. The molecule has 0 bridgehead atoms. The lowest BCUT2D eigenvalue weighted by atomic mass is 9.91. The fraction of sp³-hybridized carbons (Fsp3) is 0.481. The van der Waals surface area contributed by atoms with Crippen molar-refractivity contribution < 1.29 is 9.84 Å². The number of hydrogen-bond acceptors (Lipinski definition) is 3. The summed E-state index contributed by atoms with van der Waals surface area (Å²) in [4.78, 5) is 2.46. The van der Waals surface area contributed by atoms with Gasteiger partial charge in [0.25, 0.3) is 0 Å². The Bertz CT molecular complexity index is 782. The van der Waals surface area contributed by atoms with Gasteiger partial charge in [-0.15, -0.1) is 0 Å². The highest BCUT2D eigenvalue weighted by molar-refractivity contribution is 5.64. The predicted molar refractivity (Wildman–Crippen MR) is 130 cm³/mol. The lowest BCUT2D eigenvalue weighted by Crippen LogP contribution is -2.36. The van der Waals surface area contributed by atoms with E-state index in [2.05, 4.69) is 58.6 Å². The molecular weight excluding hydrogens is 370 g/mol. The standard InChI is InChI=1S/C19H22O2.C8H19N/c1-13(2)19(21-4)16-10-11-18(20)17(12-16)14(3)15-8-6-5-7-9-15;1-6-9(7(2)3)8(4)5/h5-12,14,20H,1-4H3;7-8H,6H2,1-5H3/t14-;/m1./s1. The van der Waals surface area contributed by atoms with Crippen molar-refractivity contribution in [2.75, 3.05) is 13.7 Å². The fourth-order valence-corrected chi connectivity index (χ4v) is 3.90. The molecule has 1 atom stereocenters. The van der Waals surface area contributed by atoms with Crippen molar-refractivity contribution in [2.24, 2.45) is 0 Å². The number of rotatable bonds is 7. The first-order chi connectivity index (χ1) is 14.1. The van der Waals surface area contributed by atoms with Crippen LogP contribution in [0.3, 0.4) is 0 Å². The van der Waals surface area contributed by atoms with Crippen molar-refractivity contribution in [1.29, 1.82) is 0 Å². The molecule has 0 radical (unpaired) electrons. The van der Waals surface area contributed by atoms with Gasteiger partial charge in [-0.05, 0) is 77.4 Å². The Morgan fingerprint density at radius 2 is 1.50 bits per heavy atom. The van der Waals surface area contributed by atoms with Gasteiger partial charge in [-0.1, -0.05) is 44.2 Å². The van der Waals surface area contributed by atoms with Crippen molar-refractivity contribution in [3.63, 3.8) is 0 Å². The Balaban J connectivity index is 0.000000424. The zero-order valence-corrected chi connectivity index (χ0v) is 20.4. The van der Waals surface area contributed by atoms with Crippen LogP contribution in [0.25, 0.3) is 5.76 Å². The maximum Gasteiger partial charge on any atom is 0.124 e. The maximum absolute atomic E-state index is 10.2. The third kappa shape index (κ3) is 7.21. The van der Waals surface area contributed by atoms with Crippen LogP contribution in [0.4, 0.5) is 0 Å². The molecule has 0 amide bonds. The molecule has 2 rings (SSSR count). The molecule has 3 nitrogen and oxygen atoms in total. The minimum Gasteiger partial charge on any atom is -0.508 e. The van der Waals surface area contributed by atoms with E-state index in [0.717, 1.165) is 29.0 Å². The van der Waals surface area contributed by atoms with Crippen LogP contribution in [0.2, 0.25) is 0 Å². The van der Waals surface area contributed by atoms with Gasteiger partial charge < -0.3 is 9.84 Å². The second kappa shape index (κ2) is 12.4. The first-order valence-electron chi connectivity index (χ1n) is 11.0. The molecule has 0 saturated heterocycles. The molecule has 166 valence electrons. The molecule has 30 heavy (non-hydrogen) atoms. The number of allylic oxidation sites excluding steroid dienone is 1. The number of benzene rings is 2. The second-order valence-electron chi connectivity index (χ2n) is 8.46. The summed E-state index contributed by atoms with van der Waals surface area (Å²) in [6, 6.07) is 17.2. The number of aromatic hydroxyl groups is 1. The Kier molecular flexibility index (Phi) is 10.7. The molecular formula is C27H41NO2. The highest BCUT2D eigenvalue weighted by Crippen LogP contribution is 2.33. The van der Waals surface area contributed by atoms with E-state index in [1.54, 1.807) is 13.2 Å². The number of nitrogens with zero attached hydrogens (tertiary/aromatic N) is 1. The van der Waals surface area contributed by atoms with Crippen molar-refractivity contribution in [3.8, 4) is 5.75 Å². The summed E-state index contributed by atoms with van der Waals surface area (Å²) in [5.41, 5.74) is 4.20. The van der Waals surface area contributed by atoms with E-state index in [0.29, 0.717) is 17.8 Å². The van der Waals surface area contributed by atoms with Gasteiger partial charge in [0.1, 0.15) is 11.5 Å². The Labute approximate surface area is 184 Å². The lowest BCUT2D eigenvalue weighted by Gasteiger charge is -2.28. The summed E-state index contributed by atoms with van der Waals surface area (Å²) in [5, 5.41) is 10.2. The lowest BCUT2D eigenvalue weighted by molar-refractivity contribution is 0.185. The average Bonchev–Trinajstić information content (AvgIpc) is 2.70. The Morgan fingerprint density at radius 1 is 0.933 bits per heavy atom. The van der Waals surface area contributed by atoms with E-state index >= 15 is 0 Å². The van der Waals surface area contributed by atoms with Gasteiger partial charge in [0, 0.05) is 29.1 Å². The average molecular weight is 412 g/mol. The molecule has 2 aromatic rings. The summed E-state index contributed by atoms with van der Waals surface area (Å²) in [6.07, 6.45) is 0. The highest BCUT2D eigenvalue weighted by atomic mass is 16.5. The van der Waals surface area contributed by atoms with Gasteiger partial charge in [-0.3, -0.25) is 4.90 Å².